The third-order valence-corrected chi connectivity index (χ3v) is 6.78. The minimum Gasteiger partial charge on any atom is -0.438 e. The van der Waals surface area contributed by atoms with Gasteiger partial charge < -0.3 is 15.0 Å². The fourth-order valence-corrected chi connectivity index (χ4v) is 4.70. The predicted octanol–water partition coefficient (Wildman–Crippen LogP) is 5.80. The van der Waals surface area contributed by atoms with Crippen molar-refractivity contribution >= 4 is 23.6 Å². The second kappa shape index (κ2) is 11.8. The summed E-state index contributed by atoms with van der Waals surface area (Å²) in [4.78, 5) is 42.5. The summed E-state index contributed by atoms with van der Waals surface area (Å²) in [5.74, 6) is -1.05. The summed E-state index contributed by atoms with van der Waals surface area (Å²) in [5, 5.41) is 2.77. The standard InChI is InChI=1S/C32H28FN3O4/c1-35(20-22-8-4-2-5-9-22)31(38)28-29(40-32(39)36(28)21-23-10-6-3-7-11-23)24-14-18-27(19-15-24)34-30(37)25-12-16-26(33)17-13-25/h2-19,28-29H,20-21H2,1H3,(H,34,37)/t28-,29-/m0/s1. The van der Waals surface area contributed by atoms with E-state index in [-0.39, 0.29) is 18.4 Å². The molecule has 4 aromatic carbocycles. The summed E-state index contributed by atoms with van der Waals surface area (Å²) >= 11 is 0. The van der Waals surface area contributed by atoms with E-state index < -0.39 is 24.1 Å². The van der Waals surface area contributed by atoms with Crippen molar-refractivity contribution < 1.29 is 23.5 Å². The Bertz CT molecular complexity index is 1480. The third kappa shape index (κ3) is 6.02. The molecule has 4 aromatic rings. The first-order chi connectivity index (χ1) is 19.4. The molecule has 5 rings (SSSR count). The predicted molar refractivity (Wildman–Crippen MR) is 149 cm³/mol. The molecule has 40 heavy (non-hydrogen) atoms. The molecule has 0 radical (unpaired) electrons. The van der Waals surface area contributed by atoms with Gasteiger partial charge in [0.25, 0.3) is 5.91 Å². The van der Waals surface area contributed by atoms with Crippen LogP contribution < -0.4 is 5.32 Å². The Labute approximate surface area is 231 Å². The second-order valence-electron chi connectivity index (χ2n) is 9.63. The van der Waals surface area contributed by atoms with E-state index in [1.54, 1.807) is 36.2 Å². The molecule has 0 aromatic heterocycles. The fourth-order valence-electron chi connectivity index (χ4n) is 4.70. The lowest BCUT2D eigenvalue weighted by Gasteiger charge is -2.28. The van der Waals surface area contributed by atoms with Gasteiger partial charge in [-0.3, -0.25) is 14.5 Å². The molecular formula is C32H28FN3O4. The number of halogens is 1. The number of nitrogens with one attached hydrogen (secondary N) is 1. The van der Waals surface area contributed by atoms with Crippen LogP contribution in [0, 0.1) is 5.82 Å². The van der Waals surface area contributed by atoms with E-state index in [9.17, 15) is 18.8 Å². The molecule has 1 saturated heterocycles. The molecule has 1 fully saturated rings. The number of hydrogen-bond donors (Lipinski definition) is 1. The van der Waals surface area contributed by atoms with E-state index in [0.717, 1.165) is 11.1 Å². The minimum atomic E-state index is -0.888. The molecule has 0 unspecified atom stereocenters. The van der Waals surface area contributed by atoms with E-state index in [4.69, 9.17) is 4.74 Å². The van der Waals surface area contributed by atoms with Crippen LogP contribution in [0.3, 0.4) is 0 Å². The number of nitrogens with zero attached hydrogens (tertiary/aromatic N) is 2. The lowest BCUT2D eigenvalue weighted by Crippen LogP contribution is -2.46. The van der Waals surface area contributed by atoms with Crippen molar-refractivity contribution in [2.75, 3.05) is 12.4 Å². The molecule has 7 nitrogen and oxygen atoms in total. The highest BCUT2D eigenvalue weighted by atomic mass is 19.1. The van der Waals surface area contributed by atoms with Crippen molar-refractivity contribution in [3.05, 3.63) is 137 Å². The minimum absolute atomic E-state index is 0.220. The van der Waals surface area contributed by atoms with Crippen molar-refractivity contribution in [2.24, 2.45) is 0 Å². The van der Waals surface area contributed by atoms with Crippen LogP contribution in [0.25, 0.3) is 0 Å². The Hall–Kier alpha value is -4.98. The van der Waals surface area contributed by atoms with Crippen molar-refractivity contribution in [1.82, 2.24) is 9.80 Å². The van der Waals surface area contributed by atoms with Gasteiger partial charge in [0.2, 0.25) is 5.91 Å². The highest BCUT2D eigenvalue weighted by molar-refractivity contribution is 6.04. The summed E-state index contributed by atoms with van der Waals surface area (Å²) in [6.45, 7) is 0.599. The smallest absolute Gasteiger partial charge is 0.411 e. The number of likely N-dealkylation sites (N-methyl/N-ethyl adjacent to an activating group) is 1. The van der Waals surface area contributed by atoms with Crippen LogP contribution in [0.2, 0.25) is 0 Å². The summed E-state index contributed by atoms with van der Waals surface area (Å²) in [5.41, 5.74) is 3.29. The van der Waals surface area contributed by atoms with Gasteiger partial charge in [0.05, 0.1) is 6.54 Å². The van der Waals surface area contributed by atoms with Gasteiger partial charge in [0, 0.05) is 24.8 Å². The largest absolute Gasteiger partial charge is 0.438 e. The molecule has 2 atom stereocenters. The molecule has 0 spiro atoms. The quantitative estimate of drug-likeness (QED) is 0.308. The monoisotopic (exact) mass is 537 g/mol. The zero-order valence-corrected chi connectivity index (χ0v) is 21.9. The molecule has 0 aliphatic carbocycles. The van der Waals surface area contributed by atoms with E-state index in [0.29, 0.717) is 23.4 Å². The maximum atomic E-state index is 13.8. The van der Waals surface area contributed by atoms with Crippen LogP contribution in [0.1, 0.15) is 33.2 Å². The number of amides is 3. The average Bonchev–Trinajstić information content (AvgIpc) is 3.29. The molecular weight excluding hydrogens is 509 g/mol. The number of benzene rings is 4. The van der Waals surface area contributed by atoms with Gasteiger partial charge >= 0.3 is 6.09 Å². The van der Waals surface area contributed by atoms with Gasteiger partial charge in [0.15, 0.2) is 12.1 Å². The van der Waals surface area contributed by atoms with E-state index in [1.165, 1.54) is 29.2 Å². The van der Waals surface area contributed by atoms with Crippen LogP contribution in [0.4, 0.5) is 14.9 Å². The van der Waals surface area contributed by atoms with E-state index in [2.05, 4.69) is 5.32 Å². The summed E-state index contributed by atoms with van der Waals surface area (Å²) in [6, 6.07) is 30.2. The van der Waals surface area contributed by atoms with Crippen LogP contribution in [0.5, 0.6) is 0 Å². The summed E-state index contributed by atoms with van der Waals surface area (Å²) in [6.07, 6.45) is -1.42. The average molecular weight is 538 g/mol. The second-order valence-corrected chi connectivity index (χ2v) is 9.63. The van der Waals surface area contributed by atoms with Gasteiger partial charge in [0.1, 0.15) is 5.82 Å². The number of cyclic esters (lactones) is 1. The lowest BCUT2D eigenvalue weighted by atomic mass is 9.99. The Morgan fingerprint density at radius 1 is 0.850 bits per heavy atom. The molecule has 202 valence electrons. The number of hydrogen-bond acceptors (Lipinski definition) is 4. The van der Waals surface area contributed by atoms with Gasteiger partial charge in [-0.1, -0.05) is 72.8 Å². The molecule has 1 N–H and O–H groups in total. The number of ether oxygens (including phenoxy) is 1. The first-order valence-corrected chi connectivity index (χ1v) is 12.9. The van der Waals surface area contributed by atoms with E-state index >= 15 is 0 Å². The van der Waals surface area contributed by atoms with Gasteiger partial charge in [-0.05, 0) is 53.1 Å². The highest BCUT2D eigenvalue weighted by Gasteiger charge is 2.48. The zero-order valence-electron chi connectivity index (χ0n) is 21.9. The topological polar surface area (TPSA) is 79.0 Å². The van der Waals surface area contributed by atoms with Crippen molar-refractivity contribution in [2.45, 2.75) is 25.2 Å². The first kappa shape index (κ1) is 26.6. The highest BCUT2D eigenvalue weighted by Crippen LogP contribution is 2.35. The maximum absolute atomic E-state index is 13.8. The van der Waals surface area contributed by atoms with Crippen molar-refractivity contribution in [3.8, 4) is 0 Å². The Kier molecular flexibility index (Phi) is 7.87. The number of rotatable bonds is 8. The van der Waals surface area contributed by atoms with Gasteiger partial charge in [-0.15, -0.1) is 0 Å². The van der Waals surface area contributed by atoms with Crippen LogP contribution in [-0.4, -0.2) is 40.8 Å². The van der Waals surface area contributed by atoms with Crippen molar-refractivity contribution in [1.29, 1.82) is 0 Å². The van der Waals surface area contributed by atoms with Crippen LogP contribution in [0.15, 0.2) is 109 Å². The van der Waals surface area contributed by atoms with Crippen LogP contribution >= 0.6 is 0 Å². The number of carbonyl (C=O) groups excluding carboxylic acids is 3. The number of anilines is 1. The Morgan fingerprint density at radius 3 is 2.08 bits per heavy atom. The Morgan fingerprint density at radius 2 is 1.45 bits per heavy atom. The first-order valence-electron chi connectivity index (χ1n) is 12.9. The summed E-state index contributed by atoms with van der Waals surface area (Å²) < 4.78 is 19.0. The summed E-state index contributed by atoms with van der Waals surface area (Å²) in [7, 11) is 1.71. The van der Waals surface area contributed by atoms with Gasteiger partial charge in [-0.2, -0.15) is 0 Å². The molecule has 1 heterocycles. The molecule has 0 bridgehead atoms. The normalized spacial score (nSPS) is 16.4. The van der Waals surface area contributed by atoms with Gasteiger partial charge in [-0.25, -0.2) is 9.18 Å². The van der Waals surface area contributed by atoms with Crippen LogP contribution in [-0.2, 0) is 22.6 Å². The molecule has 3 amide bonds. The molecule has 1 aliphatic heterocycles. The van der Waals surface area contributed by atoms with E-state index in [1.807, 2.05) is 60.7 Å². The fraction of sp³-hybridized carbons (Fsp3) is 0.156. The molecule has 8 heteroatoms. The third-order valence-electron chi connectivity index (χ3n) is 6.78. The Balaban J connectivity index is 1.38. The molecule has 1 aliphatic rings. The molecule has 0 saturated carbocycles. The SMILES string of the molecule is CN(Cc1ccccc1)C(=O)[C@@H]1[C@H](c2ccc(NC(=O)c3ccc(F)cc3)cc2)OC(=O)N1Cc1ccccc1. The zero-order chi connectivity index (χ0) is 28.1. The lowest BCUT2D eigenvalue weighted by molar-refractivity contribution is -0.136. The maximum Gasteiger partial charge on any atom is 0.411 e. The van der Waals surface area contributed by atoms with Crippen molar-refractivity contribution in [3.63, 3.8) is 0 Å². The number of carbonyl (C=O) groups is 3.